The van der Waals surface area contributed by atoms with Crippen LogP contribution in [0, 0.1) is 0 Å². The van der Waals surface area contributed by atoms with E-state index in [9.17, 15) is 19.8 Å². The first-order valence-electron chi connectivity index (χ1n) is 6.80. The number of hydrogen-bond acceptors (Lipinski definition) is 3. The minimum absolute atomic E-state index is 0.112. The van der Waals surface area contributed by atoms with Crippen molar-refractivity contribution in [3.63, 3.8) is 0 Å². The number of hydrogen-bond donors (Lipinski definition) is 3. The fraction of sp³-hybridized carbons (Fsp3) is 0.250. The van der Waals surface area contributed by atoms with E-state index in [2.05, 4.69) is 5.32 Å². The van der Waals surface area contributed by atoms with E-state index >= 15 is 0 Å². The summed E-state index contributed by atoms with van der Waals surface area (Å²) >= 11 is 0. The van der Waals surface area contributed by atoms with Crippen LogP contribution in [0.2, 0.25) is 0 Å². The Labute approximate surface area is 122 Å². The number of nitrogens with one attached hydrogen (secondary N) is 1. The van der Waals surface area contributed by atoms with Crippen molar-refractivity contribution >= 4 is 28.4 Å². The van der Waals surface area contributed by atoms with E-state index in [4.69, 9.17) is 0 Å². The molecule has 3 N–H and O–H groups in total. The van der Waals surface area contributed by atoms with Gasteiger partial charge in [-0.25, -0.2) is 9.59 Å². The number of carbonyl (C=O) groups is 2. The van der Waals surface area contributed by atoms with E-state index in [1.807, 2.05) is 13.8 Å². The molecule has 5 heteroatoms. The first kappa shape index (κ1) is 14.8. The molecule has 0 radical (unpaired) electrons. The van der Waals surface area contributed by atoms with E-state index in [0.717, 1.165) is 5.56 Å². The molecule has 0 saturated heterocycles. The lowest BCUT2D eigenvalue weighted by atomic mass is 9.93. The summed E-state index contributed by atoms with van der Waals surface area (Å²) in [6.07, 6.45) is 0.631. The lowest BCUT2D eigenvalue weighted by Gasteiger charge is -2.15. The number of fused-ring (bicyclic) bond motifs is 1. The normalized spacial score (nSPS) is 10.6. The van der Waals surface area contributed by atoms with Crippen LogP contribution in [0.15, 0.2) is 24.3 Å². The van der Waals surface area contributed by atoms with Crippen molar-refractivity contribution in [1.82, 2.24) is 0 Å². The van der Waals surface area contributed by atoms with Crippen LogP contribution in [0.25, 0.3) is 10.8 Å². The quantitative estimate of drug-likeness (QED) is 0.786. The Hall–Kier alpha value is -2.56. The SMILES string of the molecule is CCNc1ccc(C(=O)O)c2c(CC)ccc(C(=O)O)c12. The molecule has 0 atom stereocenters. The summed E-state index contributed by atoms with van der Waals surface area (Å²) < 4.78 is 0. The van der Waals surface area contributed by atoms with Crippen LogP contribution in [-0.4, -0.2) is 28.7 Å². The number of benzene rings is 2. The summed E-state index contributed by atoms with van der Waals surface area (Å²) in [5.41, 5.74) is 1.71. The van der Waals surface area contributed by atoms with Gasteiger partial charge in [0.15, 0.2) is 0 Å². The first-order valence-corrected chi connectivity index (χ1v) is 6.80. The van der Waals surface area contributed by atoms with E-state index in [-0.39, 0.29) is 11.1 Å². The zero-order valence-corrected chi connectivity index (χ0v) is 11.9. The van der Waals surface area contributed by atoms with Crippen molar-refractivity contribution in [2.75, 3.05) is 11.9 Å². The van der Waals surface area contributed by atoms with Crippen LogP contribution in [0.1, 0.15) is 40.1 Å². The van der Waals surface area contributed by atoms with Gasteiger partial charge in [0.25, 0.3) is 0 Å². The second kappa shape index (κ2) is 5.83. The Balaban J connectivity index is 2.99. The third-order valence-electron chi connectivity index (χ3n) is 3.46. The lowest BCUT2D eigenvalue weighted by molar-refractivity contribution is 0.0686. The van der Waals surface area contributed by atoms with Crippen molar-refractivity contribution < 1.29 is 19.8 Å². The standard InChI is InChI=1S/C16H17NO4/c1-3-9-5-6-11(16(20)21)14-12(17-4-2)8-7-10(13(9)14)15(18)19/h5-8,17H,3-4H2,1-2H3,(H,18,19)(H,20,21). The molecule has 2 rings (SSSR count). The van der Waals surface area contributed by atoms with Gasteiger partial charge < -0.3 is 15.5 Å². The van der Waals surface area contributed by atoms with Crippen molar-refractivity contribution in [3.05, 3.63) is 41.0 Å². The molecule has 0 unspecified atom stereocenters. The second-order valence-corrected chi connectivity index (χ2v) is 4.68. The summed E-state index contributed by atoms with van der Waals surface area (Å²) in [7, 11) is 0. The van der Waals surface area contributed by atoms with Gasteiger partial charge in [0.2, 0.25) is 0 Å². The molecule has 0 saturated carbocycles. The van der Waals surface area contributed by atoms with Crippen LogP contribution >= 0.6 is 0 Å². The number of aromatic carboxylic acids is 2. The molecule has 110 valence electrons. The molecule has 2 aromatic carbocycles. The molecule has 0 spiro atoms. The van der Waals surface area contributed by atoms with Crippen molar-refractivity contribution in [2.45, 2.75) is 20.3 Å². The van der Waals surface area contributed by atoms with Gasteiger partial charge in [-0.15, -0.1) is 0 Å². The number of aryl methyl sites for hydroxylation is 1. The molecule has 0 bridgehead atoms. The summed E-state index contributed by atoms with van der Waals surface area (Å²) in [6.45, 7) is 4.44. The van der Waals surface area contributed by atoms with Gasteiger partial charge >= 0.3 is 11.9 Å². The van der Waals surface area contributed by atoms with Gasteiger partial charge in [0.1, 0.15) is 0 Å². The maximum absolute atomic E-state index is 11.5. The van der Waals surface area contributed by atoms with Crippen LogP contribution in [0.3, 0.4) is 0 Å². The first-order chi connectivity index (χ1) is 10.0. The average molecular weight is 287 g/mol. The molecule has 5 nitrogen and oxygen atoms in total. The van der Waals surface area contributed by atoms with Gasteiger partial charge in [0, 0.05) is 23.0 Å². The Morgan fingerprint density at radius 2 is 1.52 bits per heavy atom. The molecule has 0 heterocycles. The zero-order chi connectivity index (χ0) is 15.6. The van der Waals surface area contributed by atoms with E-state index < -0.39 is 11.9 Å². The second-order valence-electron chi connectivity index (χ2n) is 4.68. The van der Waals surface area contributed by atoms with Gasteiger partial charge in [-0.2, -0.15) is 0 Å². The highest BCUT2D eigenvalue weighted by atomic mass is 16.4. The highest BCUT2D eigenvalue weighted by Crippen LogP contribution is 2.33. The highest BCUT2D eigenvalue weighted by molar-refractivity contribution is 6.16. The van der Waals surface area contributed by atoms with Crippen LogP contribution in [0.4, 0.5) is 5.69 Å². The predicted molar refractivity (Wildman–Crippen MR) is 81.4 cm³/mol. The molecule has 0 fully saturated rings. The molecule has 0 amide bonds. The molecule has 0 aliphatic heterocycles. The van der Waals surface area contributed by atoms with E-state index in [0.29, 0.717) is 29.4 Å². The van der Waals surface area contributed by atoms with Crippen molar-refractivity contribution in [3.8, 4) is 0 Å². The van der Waals surface area contributed by atoms with Gasteiger partial charge in [-0.05, 0) is 37.1 Å². The summed E-state index contributed by atoms with van der Waals surface area (Å²) in [5.74, 6) is -2.12. The molecule has 21 heavy (non-hydrogen) atoms. The fourth-order valence-corrected chi connectivity index (χ4v) is 2.56. The Morgan fingerprint density at radius 1 is 0.952 bits per heavy atom. The Morgan fingerprint density at radius 3 is 2.05 bits per heavy atom. The summed E-state index contributed by atoms with van der Waals surface area (Å²) in [5, 5.41) is 22.9. The monoisotopic (exact) mass is 287 g/mol. The van der Waals surface area contributed by atoms with Crippen LogP contribution in [-0.2, 0) is 6.42 Å². The maximum Gasteiger partial charge on any atom is 0.336 e. The molecular formula is C16H17NO4. The Kier molecular flexibility index (Phi) is 4.12. The maximum atomic E-state index is 11.5. The van der Waals surface area contributed by atoms with Gasteiger partial charge in [-0.1, -0.05) is 13.0 Å². The van der Waals surface area contributed by atoms with Crippen molar-refractivity contribution in [2.24, 2.45) is 0 Å². The minimum atomic E-state index is -1.07. The summed E-state index contributed by atoms with van der Waals surface area (Å²) in [6, 6.07) is 6.37. The van der Waals surface area contributed by atoms with Crippen LogP contribution in [0.5, 0.6) is 0 Å². The third-order valence-corrected chi connectivity index (χ3v) is 3.46. The fourth-order valence-electron chi connectivity index (χ4n) is 2.56. The van der Waals surface area contributed by atoms with Crippen LogP contribution < -0.4 is 5.32 Å². The molecule has 0 aliphatic rings. The smallest absolute Gasteiger partial charge is 0.336 e. The van der Waals surface area contributed by atoms with Crippen molar-refractivity contribution in [1.29, 1.82) is 0 Å². The number of rotatable bonds is 5. The topological polar surface area (TPSA) is 86.6 Å². The molecular weight excluding hydrogens is 270 g/mol. The Bertz CT molecular complexity index is 722. The largest absolute Gasteiger partial charge is 0.478 e. The highest BCUT2D eigenvalue weighted by Gasteiger charge is 2.19. The molecule has 2 aromatic rings. The number of carboxylic acids is 2. The number of anilines is 1. The minimum Gasteiger partial charge on any atom is -0.478 e. The van der Waals surface area contributed by atoms with Gasteiger partial charge in [-0.3, -0.25) is 0 Å². The van der Waals surface area contributed by atoms with E-state index in [1.54, 1.807) is 12.1 Å². The molecule has 0 aromatic heterocycles. The van der Waals surface area contributed by atoms with E-state index in [1.165, 1.54) is 12.1 Å². The third kappa shape index (κ3) is 2.54. The average Bonchev–Trinajstić information content (AvgIpc) is 2.46. The molecule has 0 aliphatic carbocycles. The lowest BCUT2D eigenvalue weighted by Crippen LogP contribution is -2.07. The summed E-state index contributed by atoms with van der Waals surface area (Å²) in [4.78, 5) is 22.9. The number of carboxylic acid groups (broad SMARTS) is 2. The zero-order valence-electron chi connectivity index (χ0n) is 11.9. The predicted octanol–water partition coefficient (Wildman–Crippen LogP) is 3.23. The van der Waals surface area contributed by atoms with Gasteiger partial charge in [0.05, 0.1) is 11.1 Å².